The van der Waals surface area contributed by atoms with E-state index in [9.17, 15) is 4.79 Å². The minimum atomic E-state index is -0.335. The first-order chi connectivity index (χ1) is 18.7. The van der Waals surface area contributed by atoms with Gasteiger partial charge in [0.05, 0.1) is 29.9 Å². The molecule has 0 spiro atoms. The summed E-state index contributed by atoms with van der Waals surface area (Å²) in [6, 6.07) is 11.3. The van der Waals surface area contributed by atoms with Gasteiger partial charge in [0.2, 0.25) is 5.95 Å². The Kier molecular flexibility index (Phi) is 8.56. The van der Waals surface area contributed by atoms with Crippen molar-refractivity contribution in [1.29, 1.82) is 0 Å². The molecule has 2 N–H and O–H groups in total. The molecule has 0 fully saturated rings. The van der Waals surface area contributed by atoms with Gasteiger partial charge in [-0.05, 0) is 38.4 Å². The summed E-state index contributed by atoms with van der Waals surface area (Å²) in [6.07, 6.45) is 4.98. The number of ether oxygens (including phenoxy) is 1. The van der Waals surface area contributed by atoms with Gasteiger partial charge in [-0.15, -0.1) is 5.73 Å². The molecule has 2 aromatic heterocycles. The second-order valence-electron chi connectivity index (χ2n) is 9.34. The van der Waals surface area contributed by atoms with Gasteiger partial charge >= 0.3 is 0 Å². The number of carbonyl (C=O) groups excluding carboxylic acids is 1. The molecule has 2 heterocycles. The maximum Gasteiger partial charge on any atom is 0.256 e. The topological polar surface area (TPSA) is 87.5 Å². The molecule has 10 heteroatoms. The fourth-order valence-electron chi connectivity index (χ4n) is 4.23. The predicted molar refractivity (Wildman–Crippen MR) is 159 cm³/mol. The van der Waals surface area contributed by atoms with Crippen LogP contribution in [0.15, 0.2) is 67.2 Å². The van der Waals surface area contributed by atoms with Crippen molar-refractivity contribution < 1.29 is 9.53 Å². The van der Waals surface area contributed by atoms with Crippen LogP contribution in [0.5, 0.6) is 5.75 Å². The molecule has 0 aliphatic heterocycles. The lowest BCUT2D eigenvalue weighted by molar-refractivity contribution is -0.111. The van der Waals surface area contributed by atoms with Gasteiger partial charge in [-0.1, -0.05) is 24.2 Å². The van der Waals surface area contributed by atoms with Gasteiger partial charge in [-0.2, -0.15) is 0 Å². The van der Waals surface area contributed by atoms with Gasteiger partial charge < -0.3 is 29.7 Å². The van der Waals surface area contributed by atoms with Crippen LogP contribution < -0.4 is 20.3 Å². The largest absolute Gasteiger partial charge is 0.494 e. The normalized spacial score (nSPS) is 10.8. The number of amides is 1. The van der Waals surface area contributed by atoms with Gasteiger partial charge in [0.15, 0.2) is 0 Å². The van der Waals surface area contributed by atoms with Crippen molar-refractivity contribution in [2.75, 3.05) is 56.9 Å². The van der Waals surface area contributed by atoms with Crippen LogP contribution in [0.2, 0.25) is 5.02 Å². The molecule has 0 bridgehead atoms. The van der Waals surface area contributed by atoms with E-state index in [0.717, 1.165) is 40.9 Å². The summed E-state index contributed by atoms with van der Waals surface area (Å²) in [6.45, 7) is 5.07. The molecule has 4 rings (SSSR count). The average molecular weight is 546 g/mol. The molecule has 9 nitrogen and oxygen atoms in total. The number of benzene rings is 2. The van der Waals surface area contributed by atoms with Crippen LogP contribution in [0.4, 0.5) is 23.0 Å². The third-order valence-corrected chi connectivity index (χ3v) is 6.47. The number of rotatable bonds is 10. The van der Waals surface area contributed by atoms with Crippen molar-refractivity contribution in [3.63, 3.8) is 0 Å². The standard InChI is InChI=1S/C29H32ClN7O2/c1-7-8-28(38)32-23-16-24(27(39-6)17-26(23)36(4)14-13-35(2)3)34-29-31-12-11-22(33-29)21-18-37(5)25-15-19(30)9-10-20(21)25/h8-12,15-18H,1,13-14H2,2-6H3,(H,32,38)(H,31,33,34). The summed E-state index contributed by atoms with van der Waals surface area (Å²) in [5.41, 5.74) is 7.24. The fraction of sp³-hybridized carbons (Fsp3) is 0.241. The maximum absolute atomic E-state index is 12.4. The van der Waals surface area contributed by atoms with Crippen molar-refractivity contribution in [2.24, 2.45) is 7.05 Å². The van der Waals surface area contributed by atoms with Crippen LogP contribution >= 0.6 is 11.6 Å². The zero-order valence-corrected chi connectivity index (χ0v) is 23.5. The molecule has 0 saturated carbocycles. The highest BCUT2D eigenvalue weighted by Crippen LogP contribution is 2.38. The molecule has 4 aromatic rings. The molecule has 0 aliphatic carbocycles. The Hall–Kier alpha value is -4.30. The Morgan fingerprint density at radius 3 is 2.69 bits per heavy atom. The molecule has 0 saturated heterocycles. The van der Waals surface area contributed by atoms with Gasteiger partial charge in [0, 0.05) is 73.2 Å². The zero-order chi connectivity index (χ0) is 28.1. The number of anilines is 4. The number of nitrogens with one attached hydrogen (secondary N) is 2. The zero-order valence-electron chi connectivity index (χ0n) is 22.7. The first kappa shape index (κ1) is 27.7. The van der Waals surface area contributed by atoms with Crippen molar-refractivity contribution >= 4 is 51.4 Å². The molecule has 0 aliphatic rings. The van der Waals surface area contributed by atoms with E-state index in [4.69, 9.17) is 21.3 Å². The third kappa shape index (κ3) is 6.41. The van der Waals surface area contributed by atoms with Crippen LogP contribution in [0.25, 0.3) is 22.2 Å². The van der Waals surface area contributed by atoms with Crippen LogP contribution in [0.3, 0.4) is 0 Å². The number of likely N-dealkylation sites (N-methyl/N-ethyl adjacent to an activating group) is 2. The number of aromatic nitrogens is 3. The van der Waals surface area contributed by atoms with E-state index in [2.05, 4.69) is 37.7 Å². The number of hydrogen-bond acceptors (Lipinski definition) is 7. The lowest BCUT2D eigenvalue weighted by Gasteiger charge is -2.25. The number of carbonyl (C=O) groups is 1. The summed E-state index contributed by atoms with van der Waals surface area (Å²) in [5, 5.41) is 7.90. The maximum atomic E-state index is 12.4. The molecule has 2 aromatic carbocycles. The molecule has 0 radical (unpaired) electrons. The van der Waals surface area contributed by atoms with Gasteiger partial charge in [0.25, 0.3) is 5.91 Å². The van der Waals surface area contributed by atoms with Crippen LogP contribution in [-0.2, 0) is 11.8 Å². The molecular formula is C29H32ClN7O2. The summed E-state index contributed by atoms with van der Waals surface area (Å²) in [7, 11) is 9.57. The number of fused-ring (bicyclic) bond motifs is 1. The van der Waals surface area contributed by atoms with E-state index in [1.54, 1.807) is 13.3 Å². The Morgan fingerprint density at radius 2 is 1.97 bits per heavy atom. The lowest BCUT2D eigenvalue weighted by Crippen LogP contribution is -2.29. The highest BCUT2D eigenvalue weighted by atomic mass is 35.5. The first-order valence-corrected chi connectivity index (χ1v) is 12.7. The van der Waals surface area contributed by atoms with Gasteiger partial charge in [-0.25, -0.2) is 9.97 Å². The smallest absolute Gasteiger partial charge is 0.256 e. The van der Waals surface area contributed by atoms with E-state index in [-0.39, 0.29) is 5.91 Å². The van der Waals surface area contributed by atoms with Crippen molar-refractivity contribution in [2.45, 2.75) is 0 Å². The molecule has 39 heavy (non-hydrogen) atoms. The van der Waals surface area contributed by atoms with E-state index >= 15 is 0 Å². The van der Waals surface area contributed by atoms with Crippen molar-refractivity contribution in [1.82, 2.24) is 19.4 Å². The minimum absolute atomic E-state index is 0.335. The molecule has 202 valence electrons. The van der Waals surface area contributed by atoms with E-state index < -0.39 is 0 Å². The number of hydrogen-bond donors (Lipinski definition) is 2. The van der Waals surface area contributed by atoms with Gasteiger partial charge in [0.1, 0.15) is 5.75 Å². The summed E-state index contributed by atoms with van der Waals surface area (Å²) in [5.74, 6) is 0.624. The molecule has 0 atom stereocenters. The lowest BCUT2D eigenvalue weighted by atomic mass is 10.1. The Morgan fingerprint density at radius 1 is 1.18 bits per heavy atom. The first-order valence-electron chi connectivity index (χ1n) is 12.3. The SMILES string of the molecule is C=C=CC(=O)Nc1cc(Nc2nccc(-c3cn(C)c4cc(Cl)ccc34)n2)c(OC)cc1N(C)CCN(C)C. The number of methoxy groups -OCH3 is 1. The van der Waals surface area contributed by atoms with E-state index in [0.29, 0.717) is 28.1 Å². The second kappa shape index (κ2) is 12.0. The molecule has 0 unspecified atom stereocenters. The highest BCUT2D eigenvalue weighted by molar-refractivity contribution is 6.31. The summed E-state index contributed by atoms with van der Waals surface area (Å²) < 4.78 is 7.74. The van der Waals surface area contributed by atoms with Gasteiger partial charge in [-0.3, -0.25) is 4.79 Å². The quantitative estimate of drug-likeness (QED) is 0.206. The summed E-state index contributed by atoms with van der Waals surface area (Å²) in [4.78, 5) is 25.8. The van der Waals surface area contributed by atoms with Crippen molar-refractivity contribution in [3.8, 4) is 17.0 Å². The van der Waals surface area contributed by atoms with Crippen LogP contribution in [0.1, 0.15) is 0 Å². The molecular weight excluding hydrogens is 514 g/mol. The minimum Gasteiger partial charge on any atom is -0.494 e. The Balaban J connectivity index is 1.72. The Labute approximate surface area is 233 Å². The van der Waals surface area contributed by atoms with Crippen LogP contribution in [-0.4, -0.2) is 66.7 Å². The van der Waals surface area contributed by atoms with E-state index in [1.807, 2.05) is 75.4 Å². The summed E-state index contributed by atoms with van der Waals surface area (Å²) >= 11 is 6.21. The predicted octanol–water partition coefficient (Wildman–Crippen LogP) is 5.32. The van der Waals surface area contributed by atoms with Crippen molar-refractivity contribution in [3.05, 3.63) is 72.2 Å². The fourth-order valence-corrected chi connectivity index (χ4v) is 4.40. The average Bonchev–Trinajstić information content (AvgIpc) is 3.23. The van der Waals surface area contributed by atoms with Crippen LogP contribution in [0, 0.1) is 0 Å². The number of halogens is 1. The number of nitrogens with zero attached hydrogens (tertiary/aromatic N) is 5. The van der Waals surface area contributed by atoms with E-state index in [1.165, 1.54) is 6.08 Å². The number of aryl methyl sites for hydroxylation is 1. The molecule has 1 amide bonds. The third-order valence-electron chi connectivity index (χ3n) is 6.23. The Bertz CT molecular complexity index is 1560. The highest BCUT2D eigenvalue weighted by Gasteiger charge is 2.17. The second-order valence-corrected chi connectivity index (χ2v) is 9.77. The monoisotopic (exact) mass is 545 g/mol.